The number of phenolic OH excluding ortho intramolecular Hbond substituents is 1. The minimum absolute atomic E-state index is 0.0436. The van der Waals surface area contributed by atoms with Crippen LogP contribution in [0.3, 0.4) is 0 Å². The molecule has 1 aliphatic rings. The van der Waals surface area contributed by atoms with Crippen LogP contribution < -0.4 is 5.32 Å². The SMILES string of the molecule is O=C(O)C(c1ccccc1O)N1CCCNCC1. The maximum Gasteiger partial charge on any atom is 0.325 e. The van der Waals surface area contributed by atoms with Crippen LogP contribution in [-0.2, 0) is 4.79 Å². The number of benzene rings is 1. The summed E-state index contributed by atoms with van der Waals surface area (Å²) in [6.45, 7) is 3.07. The first-order valence-electron chi connectivity index (χ1n) is 6.15. The van der Waals surface area contributed by atoms with Crippen molar-refractivity contribution in [1.29, 1.82) is 0 Å². The smallest absolute Gasteiger partial charge is 0.325 e. The Bertz CT molecular complexity index is 414. The first-order valence-corrected chi connectivity index (χ1v) is 6.15. The molecule has 1 atom stereocenters. The molecule has 1 unspecified atom stereocenters. The van der Waals surface area contributed by atoms with Gasteiger partial charge in [-0.1, -0.05) is 18.2 Å². The van der Waals surface area contributed by atoms with Crippen molar-refractivity contribution < 1.29 is 15.0 Å². The van der Waals surface area contributed by atoms with E-state index >= 15 is 0 Å². The van der Waals surface area contributed by atoms with Crippen LogP contribution in [0.25, 0.3) is 0 Å². The van der Waals surface area contributed by atoms with Crippen molar-refractivity contribution in [2.75, 3.05) is 26.2 Å². The third-order valence-electron chi connectivity index (χ3n) is 3.21. The Morgan fingerprint density at radius 1 is 1.28 bits per heavy atom. The average molecular weight is 250 g/mol. The second kappa shape index (κ2) is 5.84. The predicted octanol–water partition coefficient (Wildman–Crippen LogP) is 0.813. The molecule has 1 aromatic carbocycles. The molecule has 5 heteroatoms. The largest absolute Gasteiger partial charge is 0.508 e. The fourth-order valence-corrected chi connectivity index (χ4v) is 2.33. The number of rotatable bonds is 3. The molecule has 1 aliphatic heterocycles. The third-order valence-corrected chi connectivity index (χ3v) is 3.21. The van der Waals surface area contributed by atoms with Crippen LogP contribution in [0.15, 0.2) is 24.3 Å². The van der Waals surface area contributed by atoms with Crippen molar-refractivity contribution in [3.05, 3.63) is 29.8 Å². The van der Waals surface area contributed by atoms with Crippen molar-refractivity contribution in [3.8, 4) is 5.75 Å². The lowest BCUT2D eigenvalue weighted by Gasteiger charge is -2.27. The van der Waals surface area contributed by atoms with Crippen LogP contribution in [0.5, 0.6) is 5.75 Å². The molecule has 5 nitrogen and oxygen atoms in total. The number of aliphatic carboxylic acids is 1. The fraction of sp³-hybridized carbons (Fsp3) is 0.462. The molecular weight excluding hydrogens is 232 g/mol. The highest BCUT2D eigenvalue weighted by Crippen LogP contribution is 2.28. The van der Waals surface area contributed by atoms with Gasteiger partial charge >= 0.3 is 5.97 Å². The number of carboxylic acids is 1. The van der Waals surface area contributed by atoms with Gasteiger partial charge in [0.25, 0.3) is 0 Å². The maximum atomic E-state index is 11.5. The van der Waals surface area contributed by atoms with Gasteiger partial charge in [0.1, 0.15) is 11.8 Å². The second-order valence-corrected chi connectivity index (χ2v) is 4.44. The molecular formula is C13H18N2O3. The number of carbonyl (C=O) groups is 1. The highest BCUT2D eigenvalue weighted by Gasteiger charge is 2.29. The Hall–Kier alpha value is -1.59. The van der Waals surface area contributed by atoms with Gasteiger partial charge in [0.15, 0.2) is 0 Å². The van der Waals surface area contributed by atoms with Gasteiger partial charge in [-0.25, -0.2) is 0 Å². The molecule has 18 heavy (non-hydrogen) atoms. The van der Waals surface area contributed by atoms with E-state index in [0.29, 0.717) is 12.1 Å². The lowest BCUT2D eigenvalue weighted by molar-refractivity contribution is -0.143. The number of nitrogens with zero attached hydrogens (tertiary/aromatic N) is 1. The molecule has 0 amide bonds. The summed E-state index contributed by atoms with van der Waals surface area (Å²) in [6, 6.07) is 5.88. The highest BCUT2D eigenvalue weighted by molar-refractivity contribution is 5.76. The minimum atomic E-state index is -0.918. The van der Waals surface area contributed by atoms with E-state index in [1.165, 1.54) is 6.07 Å². The van der Waals surface area contributed by atoms with E-state index in [0.717, 1.165) is 26.1 Å². The summed E-state index contributed by atoms with van der Waals surface area (Å²) < 4.78 is 0. The van der Waals surface area contributed by atoms with Gasteiger partial charge in [-0.3, -0.25) is 9.69 Å². The van der Waals surface area contributed by atoms with Crippen molar-refractivity contribution in [2.45, 2.75) is 12.5 Å². The van der Waals surface area contributed by atoms with Crippen molar-refractivity contribution in [1.82, 2.24) is 10.2 Å². The van der Waals surface area contributed by atoms with Gasteiger partial charge in [0.2, 0.25) is 0 Å². The molecule has 0 radical (unpaired) electrons. The summed E-state index contributed by atoms with van der Waals surface area (Å²) in [5.41, 5.74) is 0.465. The van der Waals surface area contributed by atoms with Gasteiger partial charge in [0, 0.05) is 25.2 Å². The summed E-state index contributed by atoms with van der Waals surface area (Å²) in [5, 5.41) is 22.5. The molecule has 1 aromatic rings. The van der Waals surface area contributed by atoms with Gasteiger partial charge < -0.3 is 15.5 Å². The monoisotopic (exact) mass is 250 g/mol. The Morgan fingerprint density at radius 2 is 2.06 bits per heavy atom. The Kier molecular flexibility index (Phi) is 4.17. The molecule has 0 bridgehead atoms. The number of hydrogen-bond donors (Lipinski definition) is 3. The normalized spacial score (nSPS) is 19.1. The topological polar surface area (TPSA) is 72.8 Å². The van der Waals surface area contributed by atoms with Crippen LogP contribution in [0.2, 0.25) is 0 Å². The van der Waals surface area contributed by atoms with E-state index in [1.807, 2.05) is 4.90 Å². The number of aromatic hydroxyl groups is 1. The maximum absolute atomic E-state index is 11.5. The standard InChI is InChI=1S/C13H18N2O3/c16-11-5-2-1-4-10(11)12(13(17)18)15-8-3-6-14-7-9-15/h1-2,4-5,12,14,16H,3,6-9H2,(H,17,18). The third kappa shape index (κ3) is 2.80. The molecule has 1 fully saturated rings. The minimum Gasteiger partial charge on any atom is -0.508 e. The number of hydrogen-bond acceptors (Lipinski definition) is 4. The number of phenols is 1. The van der Waals surface area contributed by atoms with Gasteiger partial charge in [-0.15, -0.1) is 0 Å². The Morgan fingerprint density at radius 3 is 2.78 bits per heavy atom. The van der Waals surface area contributed by atoms with E-state index in [2.05, 4.69) is 5.32 Å². The van der Waals surface area contributed by atoms with E-state index < -0.39 is 12.0 Å². The lowest BCUT2D eigenvalue weighted by Crippen LogP contribution is -2.36. The van der Waals surface area contributed by atoms with Crippen molar-refractivity contribution in [2.24, 2.45) is 0 Å². The molecule has 2 rings (SSSR count). The molecule has 0 spiro atoms. The number of para-hydroxylation sites is 1. The van der Waals surface area contributed by atoms with E-state index in [1.54, 1.807) is 18.2 Å². The van der Waals surface area contributed by atoms with E-state index in [-0.39, 0.29) is 5.75 Å². The van der Waals surface area contributed by atoms with Gasteiger partial charge in [-0.2, -0.15) is 0 Å². The molecule has 0 aliphatic carbocycles. The fourth-order valence-electron chi connectivity index (χ4n) is 2.33. The summed E-state index contributed by atoms with van der Waals surface area (Å²) >= 11 is 0. The van der Waals surface area contributed by atoms with Gasteiger partial charge in [-0.05, 0) is 19.0 Å². The zero-order valence-corrected chi connectivity index (χ0v) is 10.2. The zero-order chi connectivity index (χ0) is 13.0. The van der Waals surface area contributed by atoms with E-state index in [9.17, 15) is 15.0 Å². The van der Waals surface area contributed by atoms with Crippen LogP contribution in [0, 0.1) is 0 Å². The van der Waals surface area contributed by atoms with Crippen LogP contribution in [-0.4, -0.2) is 47.3 Å². The lowest BCUT2D eigenvalue weighted by atomic mass is 10.0. The molecule has 98 valence electrons. The highest BCUT2D eigenvalue weighted by atomic mass is 16.4. The molecule has 0 aromatic heterocycles. The quantitative estimate of drug-likeness (QED) is 0.740. The zero-order valence-electron chi connectivity index (χ0n) is 10.2. The predicted molar refractivity (Wildman–Crippen MR) is 67.5 cm³/mol. The Balaban J connectivity index is 2.27. The summed E-state index contributed by atoms with van der Waals surface area (Å²) in [5.74, 6) is -0.875. The number of carboxylic acid groups (broad SMARTS) is 1. The average Bonchev–Trinajstić information content (AvgIpc) is 2.60. The summed E-state index contributed by atoms with van der Waals surface area (Å²) in [4.78, 5) is 13.4. The van der Waals surface area contributed by atoms with Crippen molar-refractivity contribution >= 4 is 5.97 Å². The molecule has 3 N–H and O–H groups in total. The first-order chi connectivity index (χ1) is 8.70. The number of nitrogens with one attached hydrogen (secondary N) is 1. The molecule has 1 saturated heterocycles. The van der Waals surface area contributed by atoms with E-state index in [4.69, 9.17) is 0 Å². The Labute approximate surface area is 106 Å². The summed E-state index contributed by atoms with van der Waals surface area (Å²) in [6.07, 6.45) is 0.914. The first kappa shape index (κ1) is 12.9. The molecule has 0 saturated carbocycles. The van der Waals surface area contributed by atoms with Crippen LogP contribution in [0.4, 0.5) is 0 Å². The second-order valence-electron chi connectivity index (χ2n) is 4.44. The van der Waals surface area contributed by atoms with Crippen LogP contribution in [0.1, 0.15) is 18.0 Å². The van der Waals surface area contributed by atoms with Gasteiger partial charge in [0.05, 0.1) is 0 Å². The van der Waals surface area contributed by atoms with Crippen molar-refractivity contribution in [3.63, 3.8) is 0 Å². The molecule has 1 heterocycles. The summed E-state index contributed by atoms with van der Waals surface area (Å²) in [7, 11) is 0. The van der Waals surface area contributed by atoms with Crippen LogP contribution >= 0.6 is 0 Å².